The lowest BCUT2D eigenvalue weighted by atomic mass is 10.3. The number of benzene rings is 1. The molecule has 0 fully saturated rings. The van der Waals surface area contributed by atoms with E-state index in [0.717, 1.165) is 0 Å². The molecule has 10 heteroatoms. The van der Waals surface area contributed by atoms with Crippen molar-refractivity contribution in [3.63, 3.8) is 0 Å². The third-order valence-corrected chi connectivity index (χ3v) is 4.29. The van der Waals surface area contributed by atoms with Gasteiger partial charge >= 0.3 is 0 Å². The van der Waals surface area contributed by atoms with Crippen LogP contribution in [0.3, 0.4) is 0 Å². The lowest BCUT2D eigenvalue weighted by Crippen LogP contribution is -2.36. The number of carbonyl (C=O) groups is 2. The Morgan fingerprint density at radius 2 is 1.93 bits per heavy atom. The van der Waals surface area contributed by atoms with E-state index in [9.17, 15) is 18.4 Å². The van der Waals surface area contributed by atoms with Gasteiger partial charge in [-0.3, -0.25) is 9.59 Å². The molecule has 2 N–H and O–H groups in total. The van der Waals surface area contributed by atoms with Crippen LogP contribution in [-0.4, -0.2) is 40.2 Å². The molecule has 0 aliphatic heterocycles. The molecule has 0 saturated heterocycles. The van der Waals surface area contributed by atoms with Crippen LogP contribution in [0.5, 0.6) is 0 Å². The third-order valence-electron chi connectivity index (χ3n) is 3.59. The Balaban J connectivity index is 1.56. The number of nitrogens with zero attached hydrogens (tertiary/aromatic N) is 2. The summed E-state index contributed by atoms with van der Waals surface area (Å²) in [5.41, 5.74) is 1.14. The van der Waals surface area contributed by atoms with Gasteiger partial charge in [-0.1, -0.05) is 12.1 Å². The van der Waals surface area contributed by atoms with Crippen molar-refractivity contribution in [1.82, 2.24) is 20.2 Å². The minimum Gasteiger partial charge on any atom is -0.459 e. The quantitative estimate of drug-likeness (QED) is 0.453. The molecule has 0 aliphatic rings. The van der Waals surface area contributed by atoms with E-state index < -0.39 is 5.76 Å². The van der Waals surface area contributed by atoms with Crippen molar-refractivity contribution in [3.8, 4) is 0 Å². The van der Waals surface area contributed by atoms with Crippen LogP contribution in [-0.2, 0) is 11.3 Å². The molecule has 3 aromatic rings. The zero-order valence-corrected chi connectivity index (χ0v) is 14.8. The number of para-hydroxylation sites is 2. The van der Waals surface area contributed by atoms with Crippen molar-refractivity contribution < 1.29 is 22.8 Å². The van der Waals surface area contributed by atoms with Gasteiger partial charge < -0.3 is 19.6 Å². The summed E-state index contributed by atoms with van der Waals surface area (Å²) in [5, 5.41) is 5.31. The molecule has 0 unspecified atom stereocenters. The van der Waals surface area contributed by atoms with Gasteiger partial charge in [0, 0.05) is 13.1 Å². The maximum Gasteiger partial charge on any atom is 0.291 e. The fraction of sp³-hybridized carbons (Fsp3) is 0.235. The number of fused-ring (bicyclic) bond motifs is 1. The number of thioether (sulfide) groups is 1. The lowest BCUT2D eigenvalue weighted by molar-refractivity contribution is -0.121. The second-order valence-corrected chi connectivity index (χ2v) is 6.39. The normalized spacial score (nSPS) is 11.1. The molecule has 3 rings (SSSR count). The SMILES string of the molecule is O=C(Cn1c(SC(F)F)nc2ccccc21)NCCNC(=O)c1ccco1. The molecule has 7 nitrogen and oxygen atoms in total. The van der Waals surface area contributed by atoms with Crippen molar-refractivity contribution in [3.05, 3.63) is 48.4 Å². The van der Waals surface area contributed by atoms with Crippen LogP contribution in [0.25, 0.3) is 11.0 Å². The van der Waals surface area contributed by atoms with E-state index in [0.29, 0.717) is 22.8 Å². The first kappa shape index (κ1) is 18.9. The highest BCUT2D eigenvalue weighted by atomic mass is 32.2. The molecule has 0 atom stereocenters. The van der Waals surface area contributed by atoms with E-state index in [-0.39, 0.29) is 42.4 Å². The monoisotopic (exact) mass is 394 g/mol. The Bertz CT molecular complexity index is 928. The summed E-state index contributed by atoms with van der Waals surface area (Å²) >= 11 is 0.295. The van der Waals surface area contributed by atoms with Crippen LogP contribution in [0.15, 0.2) is 52.2 Å². The van der Waals surface area contributed by atoms with E-state index in [1.54, 1.807) is 30.3 Å². The van der Waals surface area contributed by atoms with Crippen molar-refractivity contribution in [2.24, 2.45) is 0 Å². The molecule has 0 bridgehead atoms. The van der Waals surface area contributed by atoms with Crippen molar-refractivity contribution in [2.75, 3.05) is 13.1 Å². The molecule has 0 spiro atoms. The van der Waals surface area contributed by atoms with E-state index in [1.807, 2.05) is 0 Å². The summed E-state index contributed by atoms with van der Waals surface area (Å²) in [6.07, 6.45) is 1.39. The molecule has 27 heavy (non-hydrogen) atoms. The Hall–Kier alpha value is -2.88. The maximum absolute atomic E-state index is 12.8. The molecule has 2 aromatic heterocycles. The van der Waals surface area contributed by atoms with Gasteiger partial charge in [0.05, 0.1) is 17.3 Å². The fourth-order valence-electron chi connectivity index (χ4n) is 2.45. The van der Waals surface area contributed by atoms with Crippen molar-refractivity contribution in [1.29, 1.82) is 0 Å². The number of halogens is 2. The minimum atomic E-state index is -2.64. The lowest BCUT2D eigenvalue weighted by Gasteiger charge is -2.10. The maximum atomic E-state index is 12.8. The number of furan rings is 1. The van der Waals surface area contributed by atoms with Crippen molar-refractivity contribution >= 4 is 34.6 Å². The van der Waals surface area contributed by atoms with Crippen molar-refractivity contribution in [2.45, 2.75) is 17.5 Å². The molecule has 142 valence electrons. The van der Waals surface area contributed by atoms with Gasteiger partial charge in [-0.05, 0) is 36.0 Å². The molecule has 2 amide bonds. The molecule has 0 aliphatic carbocycles. The Kier molecular flexibility index (Phi) is 6.07. The van der Waals surface area contributed by atoms with E-state index in [4.69, 9.17) is 4.42 Å². The number of carbonyl (C=O) groups excluding carboxylic acids is 2. The predicted octanol–water partition coefficient (Wildman–Crippen LogP) is 2.49. The van der Waals surface area contributed by atoms with Gasteiger partial charge in [-0.15, -0.1) is 0 Å². The number of nitrogens with one attached hydrogen (secondary N) is 2. The number of hydrogen-bond donors (Lipinski definition) is 2. The molecular formula is C17H16F2N4O3S. The number of rotatable bonds is 8. The molecule has 2 heterocycles. The number of hydrogen-bond acceptors (Lipinski definition) is 5. The van der Waals surface area contributed by atoms with Gasteiger partial charge in [-0.2, -0.15) is 8.78 Å². The smallest absolute Gasteiger partial charge is 0.291 e. The number of alkyl halides is 2. The third kappa shape index (κ3) is 4.85. The predicted molar refractivity (Wildman–Crippen MR) is 95.6 cm³/mol. The van der Waals surface area contributed by atoms with Crippen LogP contribution in [0.2, 0.25) is 0 Å². The Morgan fingerprint density at radius 3 is 2.67 bits per heavy atom. The zero-order chi connectivity index (χ0) is 19.2. The second-order valence-electron chi connectivity index (χ2n) is 5.43. The zero-order valence-electron chi connectivity index (χ0n) is 14.0. The summed E-state index contributed by atoms with van der Waals surface area (Å²) < 4.78 is 31.9. The van der Waals surface area contributed by atoms with Gasteiger partial charge in [0.1, 0.15) is 6.54 Å². The van der Waals surface area contributed by atoms with Gasteiger partial charge in [0.25, 0.3) is 11.7 Å². The first-order valence-electron chi connectivity index (χ1n) is 8.03. The summed E-state index contributed by atoms with van der Waals surface area (Å²) in [4.78, 5) is 28.0. The summed E-state index contributed by atoms with van der Waals surface area (Å²) in [5.74, 6) is -3.22. The highest BCUT2D eigenvalue weighted by Crippen LogP contribution is 2.28. The highest BCUT2D eigenvalue weighted by molar-refractivity contribution is 7.99. The highest BCUT2D eigenvalue weighted by Gasteiger charge is 2.17. The molecule has 0 radical (unpaired) electrons. The van der Waals surface area contributed by atoms with Gasteiger partial charge in [0.2, 0.25) is 5.91 Å². The van der Waals surface area contributed by atoms with Crippen LogP contribution >= 0.6 is 11.8 Å². The number of imidazole rings is 1. The Morgan fingerprint density at radius 1 is 1.15 bits per heavy atom. The van der Waals surface area contributed by atoms with Crippen LogP contribution in [0, 0.1) is 0 Å². The minimum absolute atomic E-state index is 0.0764. The van der Waals surface area contributed by atoms with Crippen LogP contribution in [0.1, 0.15) is 10.6 Å². The molecule has 1 aromatic carbocycles. The fourth-order valence-corrected chi connectivity index (χ4v) is 3.05. The van der Waals surface area contributed by atoms with Crippen LogP contribution < -0.4 is 10.6 Å². The largest absolute Gasteiger partial charge is 0.459 e. The molecule has 0 saturated carbocycles. The molecular weight excluding hydrogens is 378 g/mol. The Labute approximate surface area is 157 Å². The average molecular weight is 394 g/mol. The summed E-state index contributed by atoms with van der Waals surface area (Å²) in [6, 6.07) is 10.0. The van der Waals surface area contributed by atoms with Gasteiger partial charge in [-0.25, -0.2) is 4.98 Å². The van der Waals surface area contributed by atoms with Gasteiger partial charge in [0.15, 0.2) is 10.9 Å². The standard InChI is InChI=1S/C17H16F2N4O3S/c18-16(19)27-17-22-11-4-1-2-5-12(11)23(17)10-14(24)20-7-8-21-15(25)13-6-3-9-26-13/h1-6,9,16H,7-8,10H2,(H,20,24)(H,21,25). The average Bonchev–Trinajstić information content (AvgIpc) is 3.27. The number of aromatic nitrogens is 2. The first-order chi connectivity index (χ1) is 13.0. The summed E-state index contributed by atoms with van der Waals surface area (Å²) in [6.45, 7) is 0.242. The number of amides is 2. The topological polar surface area (TPSA) is 89.2 Å². The van der Waals surface area contributed by atoms with E-state index >= 15 is 0 Å². The summed E-state index contributed by atoms with van der Waals surface area (Å²) in [7, 11) is 0. The second kappa shape index (κ2) is 8.67. The van der Waals surface area contributed by atoms with E-state index in [2.05, 4.69) is 15.6 Å². The first-order valence-corrected chi connectivity index (χ1v) is 8.91. The van der Waals surface area contributed by atoms with Crippen LogP contribution in [0.4, 0.5) is 8.78 Å². The van der Waals surface area contributed by atoms with E-state index in [1.165, 1.54) is 16.9 Å².